The Morgan fingerprint density at radius 2 is 2.06 bits per heavy atom. The lowest BCUT2D eigenvalue weighted by Gasteiger charge is -2.02. The number of benzene rings is 1. The number of nitrogens with two attached hydrogens (primary N) is 1. The zero-order valence-corrected chi connectivity index (χ0v) is 9.47. The van der Waals surface area contributed by atoms with Gasteiger partial charge in [0.2, 0.25) is 11.8 Å². The molecule has 0 spiro atoms. The predicted molar refractivity (Wildman–Crippen MR) is 61.7 cm³/mol. The van der Waals surface area contributed by atoms with Crippen LogP contribution in [-0.4, -0.2) is 10.2 Å². The lowest BCUT2D eigenvalue weighted by molar-refractivity contribution is 0.473. The van der Waals surface area contributed by atoms with E-state index in [4.69, 9.17) is 10.2 Å². The van der Waals surface area contributed by atoms with Crippen molar-refractivity contribution in [3.63, 3.8) is 0 Å². The van der Waals surface area contributed by atoms with Crippen LogP contribution in [0.15, 0.2) is 28.7 Å². The minimum absolute atomic E-state index is 0.227. The topological polar surface area (TPSA) is 64.9 Å². The van der Waals surface area contributed by atoms with Crippen LogP contribution in [0.3, 0.4) is 0 Å². The van der Waals surface area contributed by atoms with E-state index in [1.165, 1.54) is 5.56 Å². The van der Waals surface area contributed by atoms with E-state index in [0.29, 0.717) is 11.8 Å². The Labute approximate surface area is 94.5 Å². The number of rotatable bonds is 3. The van der Waals surface area contributed by atoms with E-state index in [1.807, 2.05) is 25.1 Å². The monoisotopic (exact) mass is 217 g/mol. The molecule has 4 heteroatoms. The second kappa shape index (κ2) is 4.45. The van der Waals surface area contributed by atoms with Gasteiger partial charge in [0.05, 0.1) is 6.04 Å². The quantitative estimate of drug-likeness (QED) is 0.856. The van der Waals surface area contributed by atoms with Crippen molar-refractivity contribution in [1.82, 2.24) is 10.2 Å². The maximum atomic E-state index is 5.68. The molecule has 1 aromatic carbocycles. The summed E-state index contributed by atoms with van der Waals surface area (Å²) >= 11 is 0. The smallest absolute Gasteiger partial charge is 0.248 e. The molecule has 2 aromatic rings. The van der Waals surface area contributed by atoms with Crippen LogP contribution in [0.4, 0.5) is 0 Å². The molecule has 1 atom stereocenters. The molecule has 1 heterocycles. The van der Waals surface area contributed by atoms with Crippen molar-refractivity contribution in [2.24, 2.45) is 5.73 Å². The fraction of sp³-hybridized carbons (Fsp3) is 0.333. The minimum atomic E-state index is -0.227. The largest absolute Gasteiger partial charge is 0.419 e. The SMILES string of the molecule is CCc1ccccc1-c1nnc(C(C)N)o1. The molecule has 4 nitrogen and oxygen atoms in total. The Kier molecular flexibility index (Phi) is 3.01. The number of aryl methyl sites for hydroxylation is 1. The number of hydrogen-bond acceptors (Lipinski definition) is 4. The third-order valence-electron chi connectivity index (χ3n) is 2.46. The molecule has 2 rings (SSSR count). The summed E-state index contributed by atoms with van der Waals surface area (Å²) in [6.07, 6.45) is 0.937. The van der Waals surface area contributed by atoms with E-state index < -0.39 is 0 Å². The van der Waals surface area contributed by atoms with E-state index >= 15 is 0 Å². The lowest BCUT2D eigenvalue weighted by atomic mass is 10.1. The molecule has 0 aliphatic heterocycles. The van der Waals surface area contributed by atoms with Crippen LogP contribution in [0, 0.1) is 0 Å². The van der Waals surface area contributed by atoms with E-state index in [-0.39, 0.29) is 6.04 Å². The van der Waals surface area contributed by atoms with Gasteiger partial charge >= 0.3 is 0 Å². The highest BCUT2D eigenvalue weighted by Gasteiger charge is 2.13. The summed E-state index contributed by atoms with van der Waals surface area (Å²) in [5.41, 5.74) is 7.87. The van der Waals surface area contributed by atoms with Crippen molar-refractivity contribution in [2.75, 3.05) is 0 Å². The number of nitrogens with zero attached hydrogens (tertiary/aromatic N) is 2. The van der Waals surface area contributed by atoms with Gasteiger partial charge in [-0.2, -0.15) is 0 Å². The molecule has 1 aromatic heterocycles. The summed E-state index contributed by atoms with van der Waals surface area (Å²) in [5, 5.41) is 7.95. The van der Waals surface area contributed by atoms with Gasteiger partial charge in [-0.25, -0.2) is 0 Å². The van der Waals surface area contributed by atoms with E-state index in [1.54, 1.807) is 0 Å². The Bertz CT molecular complexity index is 477. The lowest BCUT2D eigenvalue weighted by Crippen LogP contribution is -2.04. The molecule has 0 amide bonds. The van der Waals surface area contributed by atoms with Gasteiger partial charge in [0.15, 0.2) is 0 Å². The van der Waals surface area contributed by atoms with Crippen LogP contribution in [0.1, 0.15) is 31.3 Å². The maximum absolute atomic E-state index is 5.68. The zero-order chi connectivity index (χ0) is 11.5. The molecular weight excluding hydrogens is 202 g/mol. The van der Waals surface area contributed by atoms with Gasteiger partial charge < -0.3 is 10.2 Å². The average Bonchev–Trinajstić information content (AvgIpc) is 2.78. The maximum Gasteiger partial charge on any atom is 0.248 e. The first-order valence-electron chi connectivity index (χ1n) is 5.39. The fourth-order valence-electron chi connectivity index (χ4n) is 1.56. The van der Waals surface area contributed by atoms with Gasteiger partial charge in [0, 0.05) is 5.56 Å². The highest BCUT2D eigenvalue weighted by molar-refractivity contribution is 5.58. The molecular formula is C12H15N3O. The summed E-state index contributed by atoms with van der Waals surface area (Å²) in [5.74, 6) is 1.02. The molecule has 0 radical (unpaired) electrons. The van der Waals surface area contributed by atoms with Crippen molar-refractivity contribution in [3.8, 4) is 11.5 Å². The van der Waals surface area contributed by atoms with Crippen LogP contribution < -0.4 is 5.73 Å². The molecule has 16 heavy (non-hydrogen) atoms. The van der Waals surface area contributed by atoms with Crippen molar-refractivity contribution in [2.45, 2.75) is 26.3 Å². The molecule has 0 bridgehead atoms. The highest BCUT2D eigenvalue weighted by Crippen LogP contribution is 2.23. The van der Waals surface area contributed by atoms with E-state index in [9.17, 15) is 0 Å². The van der Waals surface area contributed by atoms with Crippen molar-refractivity contribution in [3.05, 3.63) is 35.7 Å². The molecule has 0 saturated carbocycles. The zero-order valence-electron chi connectivity index (χ0n) is 9.47. The van der Waals surface area contributed by atoms with Crippen LogP contribution >= 0.6 is 0 Å². The summed E-state index contributed by atoms with van der Waals surface area (Å²) in [6, 6.07) is 7.78. The third-order valence-corrected chi connectivity index (χ3v) is 2.46. The first kappa shape index (κ1) is 10.8. The second-order valence-corrected chi connectivity index (χ2v) is 3.74. The Hall–Kier alpha value is -1.68. The molecule has 0 fully saturated rings. The summed E-state index contributed by atoms with van der Waals surface area (Å²) < 4.78 is 5.53. The third kappa shape index (κ3) is 1.97. The predicted octanol–water partition coefficient (Wildman–Crippen LogP) is 2.32. The van der Waals surface area contributed by atoms with Gasteiger partial charge in [-0.05, 0) is 25.0 Å². The number of aromatic nitrogens is 2. The normalized spacial score (nSPS) is 12.7. The van der Waals surface area contributed by atoms with Crippen LogP contribution in [0.5, 0.6) is 0 Å². The molecule has 0 aliphatic rings. The van der Waals surface area contributed by atoms with Gasteiger partial charge in [-0.3, -0.25) is 0 Å². The van der Waals surface area contributed by atoms with Crippen LogP contribution in [0.2, 0.25) is 0 Å². The first-order valence-corrected chi connectivity index (χ1v) is 5.39. The van der Waals surface area contributed by atoms with Gasteiger partial charge in [0.25, 0.3) is 0 Å². The summed E-state index contributed by atoms with van der Waals surface area (Å²) in [6.45, 7) is 3.92. The standard InChI is InChI=1S/C12H15N3O/c1-3-9-6-4-5-7-10(9)12-15-14-11(16-12)8(2)13/h4-8H,3,13H2,1-2H3. The summed E-state index contributed by atoms with van der Waals surface area (Å²) in [7, 11) is 0. The molecule has 2 N–H and O–H groups in total. The second-order valence-electron chi connectivity index (χ2n) is 3.74. The van der Waals surface area contributed by atoms with E-state index in [2.05, 4.69) is 23.2 Å². The molecule has 0 aliphatic carbocycles. The Morgan fingerprint density at radius 3 is 2.69 bits per heavy atom. The van der Waals surface area contributed by atoms with Gasteiger partial charge in [0.1, 0.15) is 0 Å². The highest BCUT2D eigenvalue weighted by atomic mass is 16.4. The first-order chi connectivity index (χ1) is 7.72. The Balaban J connectivity index is 2.42. The fourth-order valence-corrected chi connectivity index (χ4v) is 1.56. The minimum Gasteiger partial charge on any atom is -0.419 e. The Morgan fingerprint density at radius 1 is 1.31 bits per heavy atom. The van der Waals surface area contributed by atoms with Crippen molar-refractivity contribution < 1.29 is 4.42 Å². The summed E-state index contributed by atoms with van der Waals surface area (Å²) in [4.78, 5) is 0. The van der Waals surface area contributed by atoms with E-state index in [0.717, 1.165) is 12.0 Å². The molecule has 0 saturated heterocycles. The van der Waals surface area contributed by atoms with Crippen LogP contribution in [-0.2, 0) is 6.42 Å². The number of hydrogen-bond donors (Lipinski definition) is 1. The van der Waals surface area contributed by atoms with Gasteiger partial charge in [-0.15, -0.1) is 10.2 Å². The molecule has 84 valence electrons. The van der Waals surface area contributed by atoms with Crippen molar-refractivity contribution in [1.29, 1.82) is 0 Å². The van der Waals surface area contributed by atoms with Crippen LogP contribution in [0.25, 0.3) is 11.5 Å². The van der Waals surface area contributed by atoms with Gasteiger partial charge in [-0.1, -0.05) is 25.1 Å². The van der Waals surface area contributed by atoms with Crippen molar-refractivity contribution >= 4 is 0 Å². The molecule has 1 unspecified atom stereocenters. The average molecular weight is 217 g/mol.